The van der Waals surface area contributed by atoms with E-state index in [-0.39, 0.29) is 5.75 Å². The van der Waals surface area contributed by atoms with E-state index in [4.69, 9.17) is 4.74 Å². The van der Waals surface area contributed by atoms with Gasteiger partial charge in [-0.25, -0.2) is 8.42 Å². The molecule has 0 amide bonds. The molecular weight excluding hydrogens is 286 g/mol. The molecule has 1 N–H and O–H groups in total. The maximum Gasteiger partial charge on any atom is 0.147 e. The van der Waals surface area contributed by atoms with Gasteiger partial charge in [-0.05, 0) is 43.0 Å². The van der Waals surface area contributed by atoms with E-state index >= 15 is 0 Å². The summed E-state index contributed by atoms with van der Waals surface area (Å²) in [4.78, 5) is 0. The summed E-state index contributed by atoms with van der Waals surface area (Å²) in [6.45, 7) is 5.02. The van der Waals surface area contributed by atoms with Crippen LogP contribution in [0.15, 0.2) is 24.3 Å². The SMILES string of the molecule is COc1cccc(CC(CCS(C)(=O)=O)CNC(C)C)c1. The third-order valence-electron chi connectivity index (χ3n) is 3.37. The zero-order valence-electron chi connectivity index (χ0n) is 13.4. The first-order valence-electron chi connectivity index (χ1n) is 7.34. The third-order valence-corrected chi connectivity index (χ3v) is 4.35. The Hall–Kier alpha value is -1.07. The topological polar surface area (TPSA) is 55.4 Å². The van der Waals surface area contributed by atoms with E-state index < -0.39 is 9.84 Å². The van der Waals surface area contributed by atoms with Crippen LogP contribution in [0.3, 0.4) is 0 Å². The van der Waals surface area contributed by atoms with Crippen molar-refractivity contribution in [2.75, 3.05) is 25.7 Å². The Morgan fingerprint density at radius 2 is 2.00 bits per heavy atom. The lowest BCUT2D eigenvalue weighted by atomic mass is 9.96. The van der Waals surface area contributed by atoms with Crippen LogP contribution in [-0.2, 0) is 16.3 Å². The first-order chi connectivity index (χ1) is 9.80. The first-order valence-corrected chi connectivity index (χ1v) is 9.40. The van der Waals surface area contributed by atoms with Crippen molar-refractivity contribution in [1.29, 1.82) is 0 Å². The Bertz CT molecular complexity index is 526. The number of ether oxygens (including phenoxy) is 1. The highest BCUT2D eigenvalue weighted by atomic mass is 32.2. The lowest BCUT2D eigenvalue weighted by Gasteiger charge is -2.19. The molecule has 0 bridgehead atoms. The van der Waals surface area contributed by atoms with Crippen molar-refractivity contribution >= 4 is 9.84 Å². The monoisotopic (exact) mass is 313 g/mol. The van der Waals surface area contributed by atoms with Crippen LogP contribution in [-0.4, -0.2) is 40.1 Å². The Balaban J connectivity index is 2.70. The second-order valence-electron chi connectivity index (χ2n) is 5.90. The molecule has 0 aliphatic carbocycles. The molecule has 0 fully saturated rings. The minimum Gasteiger partial charge on any atom is -0.497 e. The smallest absolute Gasteiger partial charge is 0.147 e. The van der Waals surface area contributed by atoms with Gasteiger partial charge in [0.15, 0.2) is 0 Å². The molecule has 1 aromatic rings. The molecule has 5 heteroatoms. The van der Waals surface area contributed by atoms with E-state index in [1.54, 1.807) is 7.11 Å². The average Bonchev–Trinajstić information content (AvgIpc) is 2.41. The Labute approximate surface area is 128 Å². The fourth-order valence-corrected chi connectivity index (χ4v) is 2.95. The van der Waals surface area contributed by atoms with Gasteiger partial charge in [0.25, 0.3) is 0 Å². The molecule has 21 heavy (non-hydrogen) atoms. The van der Waals surface area contributed by atoms with Crippen LogP contribution in [0.25, 0.3) is 0 Å². The van der Waals surface area contributed by atoms with E-state index in [9.17, 15) is 8.42 Å². The molecule has 0 heterocycles. The molecule has 0 aliphatic heterocycles. The highest BCUT2D eigenvalue weighted by Gasteiger charge is 2.14. The third kappa shape index (κ3) is 8.07. The van der Waals surface area contributed by atoms with E-state index in [1.165, 1.54) is 11.8 Å². The molecule has 1 rings (SSSR count). The van der Waals surface area contributed by atoms with Crippen molar-refractivity contribution in [3.05, 3.63) is 29.8 Å². The van der Waals surface area contributed by atoms with E-state index in [0.29, 0.717) is 18.4 Å². The minimum atomic E-state index is -2.92. The van der Waals surface area contributed by atoms with E-state index in [2.05, 4.69) is 25.2 Å². The molecule has 0 radical (unpaired) electrons. The van der Waals surface area contributed by atoms with Gasteiger partial charge in [0.05, 0.1) is 12.9 Å². The summed E-state index contributed by atoms with van der Waals surface area (Å²) in [5.41, 5.74) is 1.18. The van der Waals surface area contributed by atoms with Crippen LogP contribution < -0.4 is 10.1 Å². The highest BCUT2D eigenvalue weighted by molar-refractivity contribution is 7.90. The van der Waals surface area contributed by atoms with Crippen molar-refractivity contribution in [2.24, 2.45) is 5.92 Å². The van der Waals surface area contributed by atoms with Crippen LogP contribution in [0.1, 0.15) is 25.8 Å². The standard InChI is InChI=1S/C16H27NO3S/c1-13(2)17-12-15(8-9-21(4,18)19)10-14-6-5-7-16(11-14)20-3/h5-7,11,13,15,17H,8-10,12H2,1-4H3. The molecule has 0 aromatic heterocycles. The molecule has 0 spiro atoms. The van der Waals surface area contributed by atoms with E-state index in [1.807, 2.05) is 18.2 Å². The number of rotatable bonds is 9. The maximum atomic E-state index is 11.4. The maximum absolute atomic E-state index is 11.4. The van der Waals surface area contributed by atoms with Crippen molar-refractivity contribution in [1.82, 2.24) is 5.32 Å². The number of methoxy groups -OCH3 is 1. The summed E-state index contributed by atoms with van der Waals surface area (Å²) in [5, 5.41) is 3.40. The van der Waals surface area contributed by atoms with Gasteiger partial charge in [0.2, 0.25) is 0 Å². The second-order valence-corrected chi connectivity index (χ2v) is 8.16. The Morgan fingerprint density at radius 1 is 1.29 bits per heavy atom. The highest BCUT2D eigenvalue weighted by Crippen LogP contribution is 2.18. The number of benzene rings is 1. The van der Waals surface area contributed by atoms with Gasteiger partial charge in [0.1, 0.15) is 15.6 Å². The first kappa shape index (κ1) is 18.0. The van der Waals surface area contributed by atoms with Crippen LogP contribution >= 0.6 is 0 Å². The summed E-state index contributed by atoms with van der Waals surface area (Å²) < 4.78 is 28.0. The van der Waals surface area contributed by atoms with Gasteiger partial charge in [-0.3, -0.25) is 0 Å². The van der Waals surface area contributed by atoms with Gasteiger partial charge in [-0.1, -0.05) is 26.0 Å². The second kappa shape index (κ2) is 8.39. The molecule has 0 saturated heterocycles. The summed E-state index contributed by atoms with van der Waals surface area (Å²) >= 11 is 0. The van der Waals surface area contributed by atoms with Crippen LogP contribution in [0.2, 0.25) is 0 Å². The number of hydrogen-bond acceptors (Lipinski definition) is 4. The summed E-state index contributed by atoms with van der Waals surface area (Å²) in [7, 11) is -1.26. The van der Waals surface area contributed by atoms with Crippen LogP contribution in [0.5, 0.6) is 5.75 Å². The van der Waals surface area contributed by atoms with E-state index in [0.717, 1.165) is 18.7 Å². The average molecular weight is 313 g/mol. The van der Waals surface area contributed by atoms with Gasteiger partial charge in [-0.2, -0.15) is 0 Å². The molecule has 120 valence electrons. The number of hydrogen-bond donors (Lipinski definition) is 1. The normalized spacial score (nSPS) is 13.4. The fourth-order valence-electron chi connectivity index (χ4n) is 2.19. The van der Waals surface area contributed by atoms with Crippen LogP contribution in [0.4, 0.5) is 0 Å². The molecule has 1 unspecified atom stereocenters. The lowest BCUT2D eigenvalue weighted by Crippen LogP contribution is -2.31. The molecule has 4 nitrogen and oxygen atoms in total. The molecular formula is C16H27NO3S. The quantitative estimate of drug-likeness (QED) is 0.760. The molecule has 0 saturated carbocycles. The summed E-state index contributed by atoms with van der Waals surface area (Å²) in [5.74, 6) is 1.38. The van der Waals surface area contributed by atoms with Crippen LogP contribution in [0, 0.1) is 5.92 Å². The van der Waals surface area contributed by atoms with Crippen molar-refractivity contribution in [3.63, 3.8) is 0 Å². The fraction of sp³-hybridized carbons (Fsp3) is 0.625. The van der Waals surface area contributed by atoms with Crippen molar-refractivity contribution < 1.29 is 13.2 Å². The zero-order chi connectivity index (χ0) is 15.9. The van der Waals surface area contributed by atoms with Gasteiger partial charge in [0, 0.05) is 12.3 Å². The Morgan fingerprint density at radius 3 is 2.57 bits per heavy atom. The minimum absolute atomic E-state index is 0.238. The number of nitrogens with one attached hydrogen (secondary N) is 1. The lowest BCUT2D eigenvalue weighted by molar-refractivity contribution is 0.411. The Kier molecular flexibility index (Phi) is 7.18. The predicted octanol–water partition coefficient (Wildman–Crippen LogP) is 2.29. The van der Waals surface area contributed by atoms with Gasteiger partial charge >= 0.3 is 0 Å². The van der Waals surface area contributed by atoms with Gasteiger partial charge in [-0.15, -0.1) is 0 Å². The molecule has 0 aliphatic rings. The predicted molar refractivity (Wildman–Crippen MR) is 87.7 cm³/mol. The zero-order valence-corrected chi connectivity index (χ0v) is 14.2. The summed E-state index contributed by atoms with van der Waals surface area (Å²) in [6.07, 6.45) is 2.83. The largest absolute Gasteiger partial charge is 0.497 e. The van der Waals surface area contributed by atoms with Crippen molar-refractivity contribution in [2.45, 2.75) is 32.7 Å². The molecule has 1 aromatic carbocycles. The summed E-state index contributed by atoms with van der Waals surface area (Å²) in [6, 6.07) is 8.36. The number of sulfone groups is 1. The van der Waals surface area contributed by atoms with Crippen molar-refractivity contribution in [3.8, 4) is 5.75 Å². The molecule has 1 atom stereocenters. The van der Waals surface area contributed by atoms with Gasteiger partial charge < -0.3 is 10.1 Å².